The molecule has 2 bridgehead atoms. The van der Waals surface area contributed by atoms with Gasteiger partial charge in [-0.05, 0) is 66.4 Å². The van der Waals surface area contributed by atoms with Crippen LogP contribution in [0.3, 0.4) is 0 Å². The lowest BCUT2D eigenvalue weighted by molar-refractivity contribution is 0.456. The molecule has 3 saturated carbocycles. The molecule has 3 aliphatic carbocycles. The van der Waals surface area contributed by atoms with E-state index in [1.165, 1.54) is 29.0 Å². The van der Waals surface area contributed by atoms with E-state index in [-0.39, 0.29) is 5.41 Å². The van der Waals surface area contributed by atoms with Crippen LogP contribution in [0.4, 0.5) is 0 Å². The summed E-state index contributed by atoms with van der Waals surface area (Å²) in [4.78, 5) is 2.90. The Bertz CT molecular complexity index is 482. The van der Waals surface area contributed by atoms with Gasteiger partial charge in [0.05, 0.1) is 5.38 Å². The normalized spacial score (nSPS) is 41.4. The van der Waals surface area contributed by atoms with E-state index in [2.05, 4.69) is 32.9 Å². The van der Waals surface area contributed by atoms with Crippen LogP contribution in [0.15, 0.2) is 12.1 Å². The second kappa shape index (κ2) is 4.01. The highest BCUT2D eigenvalue weighted by Gasteiger charge is 2.66. The zero-order chi connectivity index (χ0) is 13.4. The zero-order valence-electron chi connectivity index (χ0n) is 12.0. The highest BCUT2D eigenvalue weighted by Crippen LogP contribution is 2.73. The third-order valence-electron chi connectivity index (χ3n) is 5.77. The number of hydrogen-bond donors (Lipinski definition) is 0. The predicted octanol–water partition coefficient (Wildman–Crippen LogP) is 5.62. The summed E-state index contributed by atoms with van der Waals surface area (Å²) < 4.78 is 0. The Kier molecular flexibility index (Phi) is 2.68. The quantitative estimate of drug-likeness (QED) is 0.621. The fourth-order valence-corrected chi connectivity index (χ4v) is 6.52. The van der Waals surface area contributed by atoms with Gasteiger partial charge in [0, 0.05) is 9.75 Å². The molecule has 0 radical (unpaired) electrons. The van der Waals surface area contributed by atoms with Crippen LogP contribution in [0, 0.1) is 29.6 Å². The molecule has 0 nitrogen and oxygen atoms in total. The van der Waals surface area contributed by atoms with E-state index in [0.29, 0.717) is 5.38 Å². The smallest absolute Gasteiger partial charge is 0.0712 e. The van der Waals surface area contributed by atoms with Gasteiger partial charge in [-0.3, -0.25) is 0 Å². The van der Waals surface area contributed by atoms with E-state index in [1.807, 2.05) is 11.3 Å². The molecule has 0 spiro atoms. The van der Waals surface area contributed by atoms with Crippen LogP contribution in [-0.4, -0.2) is 0 Å². The number of fused-ring (bicyclic) bond motifs is 5. The highest BCUT2D eigenvalue weighted by atomic mass is 35.5. The highest BCUT2D eigenvalue weighted by molar-refractivity contribution is 7.12. The lowest BCUT2D eigenvalue weighted by atomic mass is 9.95. The monoisotopic (exact) mass is 294 g/mol. The van der Waals surface area contributed by atoms with Gasteiger partial charge in [-0.2, -0.15) is 0 Å². The third kappa shape index (κ3) is 1.84. The molecule has 3 fully saturated rings. The Balaban J connectivity index is 1.53. The minimum absolute atomic E-state index is 0.262. The number of hydrogen-bond acceptors (Lipinski definition) is 1. The largest absolute Gasteiger partial charge is 0.143 e. The molecular weight excluding hydrogens is 272 g/mol. The Morgan fingerprint density at radius 1 is 1.16 bits per heavy atom. The third-order valence-corrected chi connectivity index (χ3v) is 8.02. The molecule has 0 aliphatic heterocycles. The van der Waals surface area contributed by atoms with Gasteiger partial charge in [-0.15, -0.1) is 22.9 Å². The molecule has 3 aliphatic rings. The Morgan fingerprint density at radius 3 is 2.32 bits per heavy atom. The number of alkyl halides is 1. The molecule has 1 heterocycles. The Morgan fingerprint density at radius 2 is 1.79 bits per heavy atom. The topological polar surface area (TPSA) is 0 Å². The van der Waals surface area contributed by atoms with Crippen molar-refractivity contribution >= 4 is 22.9 Å². The maximum atomic E-state index is 6.84. The van der Waals surface area contributed by atoms with Crippen molar-refractivity contribution in [3.05, 3.63) is 21.9 Å². The van der Waals surface area contributed by atoms with Crippen molar-refractivity contribution in [1.29, 1.82) is 0 Å². The van der Waals surface area contributed by atoms with Gasteiger partial charge < -0.3 is 0 Å². The van der Waals surface area contributed by atoms with Gasteiger partial charge in [0.1, 0.15) is 0 Å². The number of halogens is 1. The van der Waals surface area contributed by atoms with E-state index in [1.54, 1.807) is 0 Å². The molecule has 4 rings (SSSR count). The lowest BCUT2D eigenvalue weighted by Gasteiger charge is -2.16. The summed E-state index contributed by atoms with van der Waals surface area (Å²) in [7, 11) is 0. The van der Waals surface area contributed by atoms with Crippen molar-refractivity contribution in [3.8, 4) is 0 Å². The first-order valence-electron chi connectivity index (χ1n) is 7.71. The standard InChI is InChI=1S/C17H23ClS/c1-17(2,3)12-7-6-11(19-12)16(18)15-13-9-4-5-10(8-9)14(13)15/h6-7,9-10,13-16H,4-5,8H2,1-3H3. The van der Waals surface area contributed by atoms with Crippen LogP contribution >= 0.6 is 22.9 Å². The second-order valence-electron chi connectivity index (χ2n) is 7.92. The summed E-state index contributed by atoms with van der Waals surface area (Å²) in [5.74, 6) is 4.84. The first-order valence-corrected chi connectivity index (χ1v) is 8.96. The average molecular weight is 295 g/mol. The van der Waals surface area contributed by atoms with Crippen LogP contribution in [-0.2, 0) is 5.41 Å². The molecular formula is C17H23ClS. The molecule has 0 aromatic carbocycles. The Labute approximate surface area is 125 Å². The number of rotatable bonds is 2. The summed E-state index contributed by atoms with van der Waals surface area (Å²) in [5, 5.41) is 0.291. The van der Waals surface area contributed by atoms with Crippen LogP contribution < -0.4 is 0 Å². The van der Waals surface area contributed by atoms with Gasteiger partial charge in [0.2, 0.25) is 0 Å². The zero-order valence-corrected chi connectivity index (χ0v) is 13.6. The first kappa shape index (κ1) is 12.7. The van der Waals surface area contributed by atoms with Crippen molar-refractivity contribution in [2.24, 2.45) is 29.6 Å². The van der Waals surface area contributed by atoms with Gasteiger partial charge in [-0.1, -0.05) is 20.8 Å². The molecule has 2 heteroatoms. The minimum Gasteiger partial charge on any atom is -0.143 e. The molecule has 104 valence electrons. The van der Waals surface area contributed by atoms with Crippen LogP contribution in [0.25, 0.3) is 0 Å². The maximum absolute atomic E-state index is 6.84. The molecule has 0 N–H and O–H groups in total. The van der Waals surface area contributed by atoms with Crippen molar-refractivity contribution in [3.63, 3.8) is 0 Å². The van der Waals surface area contributed by atoms with Crippen molar-refractivity contribution in [1.82, 2.24) is 0 Å². The van der Waals surface area contributed by atoms with Crippen LogP contribution in [0.2, 0.25) is 0 Å². The molecule has 0 amide bonds. The molecule has 5 unspecified atom stereocenters. The Hall–Kier alpha value is -0.0100. The first-order chi connectivity index (χ1) is 8.97. The summed E-state index contributed by atoms with van der Waals surface area (Å²) in [6, 6.07) is 4.58. The van der Waals surface area contributed by atoms with Crippen molar-refractivity contribution in [2.75, 3.05) is 0 Å². The van der Waals surface area contributed by atoms with Gasteiger partial charge in [0.25, 0.3) is 0 Å². The maximum Gasteiger partial charge on any atom is 0.0712 e. The SMILES string of the molecule is CC(C)(C)c1ccc(C(Cl)C2C3C4CCC(C4)C32)s1. The summed E-state index contributed by atoms with van der Waals surface area (Å²) in [6.07, 6.45) is 4.50. The van der Waals surface area contributed by atoms with Gasteiger partial charge in [-0.25, -0.2) is 0 Å². The van der Waals surface area contributed by atoms with Crippen molar-refractivity contribution in [2.45, 2.75) is 50.8 Å². The summed E-state index contributed by atoms with van der Waals surface area (Å²) in [6.45, 7) is 6.87. The summed E-state index contributed by atoms with van der Waals surface area (Å²) in [5.41, 5.74) is 0.262. The molecule has 19 heavy (non-hydrogen) atoms. The molecule has 5 atom stereocenters. The van der Waals surface area contributed by atoms with E-state index >= 15 is 0 Å². The van der Waals surface area contributed by atoms with E-state index in [4.69, 9.17) is 11.6 Å². The van der Waals surface area contributed by atoms with Gasteiger partial charge >= 0.3 is 0 Å². The van der Waals surface area contributed by atoms with E-state index in [9.17, 15) is 0 Å². The molecule has 1 aromatic rings. The fourth-order valence-electron chi connectivity index (χ4n) is 4.88. The minimum atomic E-state index is 0.262. The number of thiophene rings is 1. The molecule has 1 aromatic heterocycles. The second-order valence-corrected chi connectivity index (χ2v) is 9.50. The van der Waals surface area contributed by atoms with Gasteiger partial charge in [0.15, 0.2) is 0 Å². The average Bonchev–Trinajstić information content (AvgIpc) is 2.78. The summed E-state index contributed by atoms with van der Waals surface area (Å²) >= 11 is 8.78. The van der Waals surface area contributed by atoms with E-state index in [0.717, 1.165) is 29.6 Å². The predicted molar refractivity (Wildman–Crippen MR) is 82.9 cm³/mol. The van der Waals surface area contributed by atoms with Crippen LogP contribution in [0.5, 0.6) is 0 Å². The fraction of sp³-hybridized carbons (Fsp3) is 0.765. The molecule has 0 saturated heterocycles. The van der Waals surface area contributed by atoms with Crippen LogP contribution in [0.1, 0.15) is 55.2 Å². The lowest BCUT2D eigenvalue weighted by Crippen LogP contribution is -2.08. The van der Waals surface area contributed by atoms with E-state index < -0.39 is 0 Å². The van der Waals surface area contributed by atoms with Crippen molar-refractivity contribution < 1.29 is 0 Å².